The first-order chi connectivity index (χ1) is 12.2. The number of hydrogen-bond acceptors (Lipinski definition) is 7. The van der Waals surface area contributed by atoms with E-state index < -0.39 is 0 Å². The molecule has 0 spiro atoms. The van der Waals surface area contributed by atoms with Crippen LogP contribution in [0.25, 0.3) is 21.9 Å². The van der Waals surface area contributed by atoms with Gasteiger partial charge >= 0.3 is 0 Å². The normalized spacial score (nSPS) is 10.9. The molecule has 0 aliphatic heterocycles. The van der Waals surface area contributed by atoms with E-state index in [1.807, 2.05) is 35.0 Å². The summed E-state index contributed by atoms with van der Waals surface area (Å²) in [6.07, 6.45) is 6.49. The van der Waals surface area contributed by atoms with Crippen LogP contribution in [0.2, 0.25) is 0 Å². The highest BCUT2D eigenvalue weighted by Gasteiger charge is 2.11. The fraction of sp³-hybridized carbons (Fsp3) is 0.0667. The van der Waals surface area contributed by atoms with Crippen LogP contribution < -0.4 is 8.85 Å². The van der Waals surface area contributed by atoms with E-state index in [1.54, 1.807) is 24.7 Å². The number of carbonyl (C=O) groups excluding carboxylic acids is 1. The van der Waals surface area contributed by atoms with Gasteiger partial charge in [0.2, 0.25) is 11.9 Å². The minimum absolute atomic E-state index is 0.0447. The van der Waals surface area contributed by atoms with Crippen molar-refractivity contribution >= 4 is 62.3 Å². The van der Waals surface area contributed by atoms with Crippen LogP contribution in [-0.2, 0) is 11.3 Å². The number of nitrogens with zero attached hydrogens (tertiary/aromatic N) is 6. The Morgan fingerprint density at radius 3 is 2.96 bits per heavy atom. The molecule has 3 aromatic heterocycles. The molecular formula is C15H11IN8O. The molecule has 9 nitrogen and oxygen atoms in total. The van der Waals surface area contributed by atoms with Crippen LogP contribution in [0, 0.1) is 0 Å². The van der Waals surface area contributed by atoms with E-state index in [0.717, 1.165) is 16.3 Å². The minimum Gasteiger partial charge on any atom is -0.324 e. The average molecular weight is 446 g/mol. The van der Waals surface area contributed by atoms with Gasteiger partial charge in [-0.1, -0.05) is 0 Å². The molecule has 0 radical (unpaired) electrons. The van der Waals surface area contributed by atoms with Crippen molar-refractivity contribution in [1.29, 1.82) is 0 Å². The van der Waals surface area contributed by atoms with Crippen molar-refractivity contribution in [2.75, 3.05) is 8.85 Å². The minimum atomic E-state index is -0.207. The standard InChI is InChI=1S/C15H11IN8O/c16-23-15-18-5-10-6-20-24(14(10)22-15)7-13(25)21-11-2-1-9-4-17-8-19-12(9)3-11/h1-6,8H,7H2,(H,21,25)(H,18,22,23). The Balaban J connectivity index is 1.55. The second-order valence-corrected chi connectivity index (χ2v) is 5.75. The number of carbonyl (C=O) groups is 1. The van der Waals surface area contributed by atoms with E-state index in [9.17, 15) is 4.79 Å². The predicted octanol–water partition coefficient (Wildman–Crippen LogP) is 2.17. The number of aromatic nitrogens is 6. The summed E-state index contributed by atoms with van der Waals surface area (Å²) in [6, 6.07) is 5.47. The fourth-order valence-electron chi connectivity index (χ4n) is 2.42. The van der Waals surface area contributed by atoms with Crippen molar-refractivity contribution in [1.82, 2.24) is 29.7 Å². The van der Waals surface area contributed by atoms with Crippen molar-refractivity contribution in [3.8, 4) is 0 Å². The van der Waals surface area contributed by atoms with Gasteiger partial charge in [-0.15, -0.1) is 0 Å². The number of fused-ring (bicyclic) bond motifs is 2. The molecule has 0 saturated heterocycles. The number of amides is 1. The molecule has 0 saturated carbocycles. The number of benzene rings is 1. The second kappa shape index (κ2) is 6.55. The highest BCUT2D eigenvalue weighted by molar-refractivity contribution is 14.1. The van der Waals surface area contributed by atoms with Crippen LogP contribution in [0.1, 0.15) is 0 Å². The molecule has 0 unspecified atom stereocenters. The van der Waals surface area contributed by atoms with Gasteiger partial charge in [-0.25, -0.2) is 19.6 Å². The maximum Gasteiger partial charge on any atom is 0.246 e. The molecule has 0 aliphatic carbocycles. The Morgan fingerprint density at radius 2 is 2.08 bits per heavy atom. The topological polar surface area (TPSA) is 111 Å². The Morgan fingerprint density at radius 1 is 1.16 bits per heavy atom. The number of nitrogens with one attached hydrogen (secondary N) is 2. The lowest BCUT2D eigenvalue weighted by atomic mass is 10.2. The van der Waals surface area contributed by atoms with Crippen molar-refractivity contribution in [2.24, 2.45) is 0 Å². The average Bonchev–Trinajstić information content (AvgIpc) is 3.03. The number of halogens is 1. The molecule has 4 aromatic rings. The Bertz CT molecular complexity index is 1080. The van der Waals surface area contributed by atoms with E-state index in [0.29, 0.717) is 17.3 Å². The van der Waals surface area contributed by atoms with Crippen molar-refractivity contribution < 1.29 is 4.79 Å². The summed E-state index contributed by atoms with van der Waals surface area (Å²) in [5, 5.41) is 8.73. The predicted molar refractivity (Wildman–Crippen MR) is 101 cm³/mol. The number of anilines is 2. The summed E-state index contributed by atoms with van der Waals surface area (Å²) >= 11 is 1.95. The quantitative estimate of drug-likeness (QED) is 0.365. The SMILES string of the molecule is O=C(Cn1ncc2cnc(NI)nc21)Nc1ccc2cncnc2c1. The Labute approximate surface area is 155 Å². The summed E-state index contributed by atoms with van der Waals surface area (Å²) in [4.78, 5) is 28.9. The summed E-state index contributed by atoms with van der Waals surface area (Å²) < 4.78 is 4.38. The summed E-state index contributed by atoms with van der Waals surface area (Å²) in [6.45, 7) is 0.0447. The molecule has 1 amide bonds. The summed E-state index contributed by atoms with van der Waals surface area (Å²) in [7, 11) is 0. The molecule has 2 N–H and O–H groups in total. The molecule has 3 heterocycles. The van der Waals surface area contributed by atoms with Gasteiger partial charge in [-0.05, 0) is 18.2 Å². The van der Waals surface area contributed by atoms with Crippen molar-refractivity contribution in [2.45, 2.75) is 6.54 Å². The highest BCUT2D eigenvalue weighted by Crippen LogP contribution is 2.17. The van der Waals surface area contributed by atoms with Gasteiger partial charge < -0.3 is 5.32 Å². The molecule has 0 aliphatic rings. The first-order valence-corrected chi connectivity index (χ1v) is 8.35. The van der Waals surface area contributed by atoms with E-state index in [2.05, 4.69) is 33.9 Å². The maximum atomic E-state index is 12.3. The van der Waals surface area contributed by atoms with Gasteiger partial charge in [-0.3, -0.25) is 8.32 Å². The Hall–Kier alpha value is -2.89. The zero-order valence-electron chi connectivity index (χ0n) is 12.7. The molecule has 4 rings (SSSR count). The molecule has 1 aromatic carbocycles. The van der Waals surface area contributed by atoms with Crippen LogP contribution in [0.15, 0.2) is 43.1 Å². The third-order valence-corrected chi connectivity index (χ3v) is 4.03. The zero-order chi connectivity index (χ0) is 17.2. The molecule has 25 heavy (non-hydrogen) atoms. The molecular weight excluding hydrogens is 435 g/mol. The van der Waals surface area contributed by atoms with Gasteiger partial charge in [0.1, 0.15) is 12.9 Å². The number of hydrogen-bond donors (Lipinski definition) is 2. The van der Waals surface area contributed by atoms with Gasteiger partial charge in [0.05, 0.1) is 40.0 Å². The second-order valence-electron chi connectivity index (χ2n) is 5.21. The van der Waals surface area contributed by atoms with Crippen LogP contribution in [0.4, 0.5) is 11.6 Å². The highest BCUT2D eigenvalue weighted by atomic mass is 127. The van der Waals surface area contributed by atoms with E-state index in [1.165, 1.54) is 11.0 Å². The lowest BCUT2D eigenvalue weighted by Crippen LogP contribution is -2.19. The largest absolute Gasteiger partial charge is 0.324 e. The summed E-state index contributed by atoms with van der Waals surface area (Å²) in [5.41, 5.74) is 2.02. The van der Waals surface area contributed by atoms with Crippen LogP contribution in [0.3, 0.4) is 0 Å². The number of rotatable bonds is 4. The van der Waals surface area contributed by atoms with E-state index in [-0.39, 0.29) is 12.5 Å². The lowest BCUT2D eigenvalue weighted by Gasteiger charge is -2.07. The van der Waals surface area contributed by atoms with Crippen molar-refractivity contribution in [3.05, 3.63) is 43.1 Å². The van der Waals surface area contributed by atoms with Crippen LogP contribution in [-0.4, -0.2) is 35.6 Å². The van der Waals surface area contributed by atoms with Crippen LogP contribution >= 0.6 is 22.9 Å². The van der Waals surface area contributed by atoms with Crippen molar-refractivity contribution in [3.63, 3.8) is 0 Å². The molecule has 0 bridgehead atoms. The maximum absolute atomic E-state index is 12.3. The fourth-order valence-corrected chi connectivity index (χ4v) is 2.68. The molecule has 0 fully saturated rings. The zero-order valence-corrected chi connectivity index (χ0v) is 14.9. The first kappa shape index (κ1) is 15.6. The first-order valence-electron chi connectivity index (χ1n) is 7.28. The van der Waals surface area contributed by atoms with Gasteiger partial charge in [0.15, 0.2) is 5.65 Å². The van der Waals surface area contributed by atoms with E-state index in [4.69, 9.17) is 0 Å². The van der Waals surface area contributed by atoms with Gasteiger partial charge in [0.25, 0.3) is 0 Å². The van der Waals surface area contributed by atoms with Gasteiger partial charge in [-0.2, -0.15) is 10.1 Å². The molecule has 124 valence electrons. The molecule has 10 heteroatoms. The molecule has 0 atom stereocenters. The van der Waals surface area contributed by atoms with Crippen LogP contribution in [0.5, 0.6) is 0 Å². The van der Waals surface area contributed by atoms with Gasteiger partial charge in [0, 0.05) is 23.5 Å². The summed E-state index contributed by atoms with van der Waals surface area (Å²) in [5.74, 6) is 0.255. The third-order valence-electron chi connectivity index (χ3n) is 3.55. The monoisotopic (exact) mass is 446 g/mol. The Kier molecular flexibility index (Phi) is 4.09. The third kappa shape index (κ3) is 3.20. The van der Waals surface area contributed by atoms with E-state index >= 15 is 0 Å². The smallest absolute Gasteiger partial charge is 0.246 e. The lowest BCUT2D eigenvalue weighted by molar-refractivity contribution is -0.116.